The minimum absolute atomic E-state index is 0.556. The van der Waals surface area contributed by atoms with Crippen molar-refractivity contribution in [1.82, 2.24) is 20.4 Å². The summed E-state index contributed by atoms with van der Waals surface area (Å²) in [5.74, 6) is 0.772. The summed E-state index contributed by atoms with van der Waals surface area (Å²) in [5, 5.41) is 7.17. The van der Waals surface area contributed by atoms with E-state index in [-0.39, 0.29) is 0 Å². The minimum Gasteiger partial charge on any atom is -0.343 e. The molecule has 1 atom stereocenters. The molecule has 1 fully saturated rings. The third-order valence-corrected chi connectivity index (χ3v) is 2.22. The van der Waals surface area contributed by atoms with Crippen molar-refractivity contribution >= 4 is 0 Å². The van der Waals surface area contributed by atoms with E-state index < -0.39 is 0 Å². The highest BCUT2D eigenvalue weighted by atomic mass is 16.5. The van der Waals surface area contributed by atoms with Gasteiger partial charge >= 0.3 is 0 Å². The maximum absolute atomic E-state index is 4.68. The lowest BCUT2D eigenvalue weighted by Gasteiger charge is -2.30. The molecule has 2 rings (SSSR count). The summed E-state index contributed by atoms with van der Waals surface area (Å²) in [6.45, 7) is 6.12. The molecule has 13 heavy (non-hydrogen) atoms. The first-order chi connectivity index (χ1) is 6.34. The highest BCUT2D eigenvalue weighted by molar-refractivity contribution is 4.82. The number of nitrogens with zero attached hydrogens (tertiary/aromatic N) is 3. The smallest absolute Gasteiger partial charge is 0.213 e. The Balaban J connectivity index is 1.87. The molecule has 0 amide bonds. The Morgan fingerprint density at radius 3 is 3.38 bits per heavy atom. The minimum atomic E-state index is 0.556. The van der Waals surface area contributed by atoms with E-state index in [1.165, 1.54) is 6.39 Å². The van der Waals surface area contributed by atoms with E-state index in [1.807, 2.05) is 0 Å². The molecule has 1 N–H and O–H groups in total. The van der Waals surface area contributed by atoms with Gasteiger partial charge in [-0.15, -0.1) is 0 Å². The van der Waals surface area contributed by atoms with Crippen LogP contribution in [-0.2, 0) is 6.54 Å². The van der Waals surface area contributed by atoms with Crippen LogP contribution in [0.15, 0.2) is 10.9 Å². The maximum atomic E-state index is 4.68. The second-order valence-corrected chi connectivity index (χ2v) is 3.44. The molecule has 5 heteroatoms. The summed E-state index contributed by atoms with van der Waals surface area (Å²) >= 11 is 0. The number of nitrogens with one attached hydrogen (secondary N) is 1. The second-order valence-electron chi connectivity index (χ2n) is 3.44. The van der Waals surface area contributed by atoms with Crippen molar-refractivity contribution in [3.8, 4) is 0 Å². The van der Waals surface area contributed by atoms with Crippen LogP contribution < -0.4 is 5.32 Å². The molecule has 1 aromatic heterocycles. The molecule has 0 aromatic carbocycles. The average molecular weight is 182 g/mol. The Bertz CT molecular complexity index is 249. The molecule has 72 valence electrons. The van der Waals surface area contributed by atoms with Crippen molar-refractivity contribution in [3.63, 3.8) is 0 Å². The van der Waals surface area contributed by atoms with Crippen molar-refractivity contribution in [3.05, 3.63) is 12.2 Å². The van der Waals surface area contributed by atoms with E-state index in [4.69, 9.17) is 0 Å². The quantitative estimate of drug-likeness (QED) is 0.690. The Hall–Kier alpha value is -0.940. The predicted molar refractivity (Wildman–Crippen MR) is 47.0 cm³/mol. The van der Waals surface area contributed by atoms with E-state index in [0.29, 0.717) is 6.04 Å². The lowest BCUT2D eigenvalue weighted by molar-refractivity contribution is 0.193. The summed E-state index contributed by atoms with van der Waals surface area (Å²) < 4.78 is 4.68. The van der Waals surface area contributed by atoms with Crippen LogP contribution in [0.25, 0.3) is 0 Å². The van der Waals surface area contributed by atoms with E-state index in [2.05, 4.69) is 31.8 Å². The van der Waals surface area contributed by atoms with E-state index in [9.17, 15) is 0 Å². The van der Waals surface area contributed by atoms with Gasteiger partial charge in [0, 0.05) is 25.7 Å². The normalized spacial score (nSPS) is 24.8. The molecule has 1 unspecified atom stereocenters. The van der Waals surface area contributed by atoms with Crippen LogP contribution in [-0.4, -0.2) is 40.7 Å². The van der Waals surface area contributed by atoms with Crippen molar-refractivity contribution in [1.29, 1.82) is 0 Å². The monoisotopic (exact) mass is 182 g/mol. The number of piperazine rings is 1. The van der Waals surface area contributed by atoms with E-state index in [1.54, 1.807) is 0 Å². The number of aromatic nitrogens is 2. The molecule has 0 radical (unpaired) electrons. The van der Waals surface area contributed by atoms with Crippen LogP contribution in [0, 0.1) is 0 Å². The van der Waals surface area contributed by atoms with Gasteiger partial charge in [0.1, 0.15) is 0 Å². The molecule has 1 aliphatic rings. The van der Waals surface area contributed by atoms with Gasteiger partial charge in [-0.3, -0.25) is 4.90 Å². The molecular formula is C8H14N4O. The Labute approximate surface area is 77.1 Å². The molecule has 1 saturated heterocycles. The molecular weight excluding hydrogens is 168 g/mol. The van der Waals surface area contributed by atoms with Crippen molar-refractivity contribution < 1.29 is 4.52 Å². The van der Waals surface area contributed by atoms with Gasteiger partial charge in [-0.05, 0) is 6.92 Å². The Morgan fingerprint density at radius 2 is 2.69 bits per heavy atom. The van der Waals surface area contributed by atoms with Gasteiger partial charge in [0.2, 0.25) is 6.39 Å². The van der Waals surface area contributed by atoms with Crippen LogP contribution in [0.2, 0.25) is 0 Å². The zero-order valence-electron chi connectivity index (χ0n) is 7.73. The number of hydrogen-bond acceptors (Lipinski definition) is 5. The highest BCUT2D eigenvalue weighted by Crippen LogP contribution is 2.02. The van der Waals surface area contributed by atoms with Crippen LogP contribution in [0.3, 0.4) is 0 Å². The van der Waals surface area contributed by atoms with Crippen molar-refractivity contribution in [2.75, 3.05) is 19.6 Å². The van der Waals surface area contributed by atoms with Crippen molar-refractivity contribution in [2.24, 2.45) is 0 Å². The van der Waals surface area contributed by atoms with Gasteiger partial charge in [0.25, 0.3) is 0 Å². The fourth-order valence-corrected chi connectivity index (χ4v) is 1.62. The standard InChI is InChI=1S/C8H14N4O/c1-7-4-12(3-2-9-7)5-8-10-6-13-11-8/h6-7,9H,2-5H2,1H3. The largest absolute Gasteiger partial charge is 0.343 e. The topological polar surface area (TPSA) is 54.2 Å². The molecule has 0 aliphatic carbocycles. The highest BCUT2D eigenvalue weighted by Gasteiger charge is 2.16. The average Bonchev–Trinajstić information content (AvgIpc) is 2.57. The van der Waals surface area contributed by atoms with Crippen molar-refractivity contribution in [2.45, 2.75) is 19.5 Å². The molecule has 0 saturated carbocycles. The third-order valence-electron chi connectivity index (χ3n) is 2.22. The van der Waals surface area contributed by atoms with Crippen LogP contribution >= 0.6 is 0 Å². The SMILES string of the molecule is CC1CN(Cc2ncon2)CCN1. The van der Waals surface area contributed by atoms with E-state index in [0.717, 1.165) is 32.0 Å². The van der Waals surface area contributed by atoms with Gasteiger partial charge in [0.05, 0.1) is 6.54 Å². The molecule has 1 aliphatic heterocycles. The lowest BCUT2D eigenvalue weighted by Crippen LogP contribution is -2.48. The second kappa shape index (κ2) is 3.85. The zero-order valence-corrected chi connectivity index (χ0v) is 7.73. The van der Waals surface area contributed by atoms with E-state index >= 15 is 0 Å². The summed E-state index contributed by atoms with van der Waals surface area (Å²) in [4.78, 5) is 6.32. The zero-order chi connectivity index (χ0) is 9.10. The van der Waals surface area contributed by atoms with Gasteiger partial charge in [-0.2, -0.15) is 4.98 Å². The lowest BCUT2D eigenvalue weighted by atomic mass is 10.2. The van der Waals surface area contributed by atoms with Crippen LogP contribution in [0.5, 0.6) is 0 Å². The first kappa shape index (κ1) is 8.65. The summed E-state index contributed by atoms with van der Waals surface area (Å²) in [6.07, 6.45) is 1.38. The number of hydrogen-bond donors (Lipinski definition) is 1. The summed E-state index contributed by atoms with van der Waals surface area (Å²) in [7, 11) is 0. The van der Waals surface area contributed by atoms with Gasteiger partial charge in [0.15, 0.2) is 5.82 Å². The fourth-order valence-electron chi connectivity index (χ4n) is 1.62. The Morgan fingerprint density at radius 1 is 1.77 bits per heavy atom. The van der Waals surface area contributed by atoms with Gasteiger partial charge < -0.3 is 9.84 Å². The molecule has 0 spiro atoms. The van der Waals surface area contributed by atoms with Gasteiger partial charge in [-0.25, -0.2) is 0 Å². The number of rotatable bonds is 2. The first-order valence-electron chi connectivity index (χ1n) is 4.55. The fraction of sp³-hybridized carbons (Fsp3) is 0.750. The molecule has 0 bridgehead atoms. The molecule has 1 aromatic rings. The molecule has 5 nitrogen and oxygen atoms in total. The van der Waals surface area contributed by atoms with Gasteiger partial charge in [-0.1, -0.05) is 5.16 Å². The Kier molecular flexibility index (Phi) is 2.56. The third kappa shape index (κ3) is 2.26. The molecule has 2 heterocycles. The summed E-state index contributed by atoms with van der Waals surface area (Å²) in [5.41, 5.74) is 0. The maximum Gasteiger partial charge on any atom is 0.213 e. The predicted octanol–water partition coefficient (Wildman–Crippen LogP) is -0.137. The van der Waals surface area contributed by atoms with Crippen LogP contribution in [0.4, 0.5) is 0 Å². The summed E-state index contributed by atoms with van der Waals surface area (Å²) in [6, 6.07) is 0.556. The van der Waals surface area contributed by atoms with Crippen LogP contribution in [0.1, 0.15) is 12.7 Å². The first-order valence-corrected chi connectivity index (χ1v) is 4.55.